The van der Waals surface area contributed by atoms with Gasteiger partial charge in [0.05, 0.1) is 17.8 Å². The van der Waals surface area contributed by atoms with Gasteiger partial charge >= 0.3 is 0 Å². The van der Waals surface area contributed by atoms with Gasteiger partial charge in [-0.2, -0.15) is 0 Å². The number of unbranched alkanes of at least 4 members (excludes halogenated alkanes) is 1. The lowest BCUT2D eigenvalue weighted by molar-refractivity contribution is 0.0691. The summed E-state index contributed by atoms with van der Waals surface area (Å²) < 4.78 is 0. The van der Waals surface area contributed by atoms with E-state index in [9.17, 15) is 15.3 Å². The molecule has 3 aliphatic rings. The zero-order valence-electron chi connectivity index (χ0n) is 20.8. The van der Waals surface area contributed by atoms with Crippen molar-refractivity contribution >= 4 is 0 Å². The van der Waals surface area contributed by atoms with Crippen molar-refractivity contribution in [3.05, 3.63) is 47.6 Å². The summed E-state index contributed by atoms with van der Waals surface area (Å²) in [6, 6.07) is 0. The maximum Gasteiger partial charge on any atom is 0.0811 e. The minimum absolute atomic E-state index is 0.349. The minimum Gasteiger partial charge on any atom is -0.393 e. The Morgan fingerprint density at radius 3 is 2.69 bits per heavy atom. The van der Waals surface area contributed by atoms with Gasteiger partial charge in [-0.3, -0.25) is 0 Å². The van der Waals surface area contributed by atoms with Gasteiger partial charge in [0, 0.05) is 6.42 Å². The molecule has 3 aliphatic carbocycles. The molecule has 0 aliphatic heterocycles. The van der Waals surface area contributed by atoms with E-state index < -0.39 is 17.8 Å². The molecule has 0 aromatic heterocycles. The highest BCUT2D eigenvalue weighted by Crippen LogP contribution is 2.59. The number of aliphatic hydroxyl groups excluding tert-OH is 2. The second-order valence-corrected chi connectivity index (χ2v) is 11.7. The first-order valence-corrected chi connectivity index (χ1v) is 12.8. The molecule has 3 heteroatoms. The molecular weight excluding hydrogens is 396 g/mol. The van der Waals surface area contributed by atoms with Gasteiger partial charge in [0.15, 0.2) is 0 Å². The van der Waals surface area contributed by atoms with Crippen LogP contribution >= 0.6 is 0 Å². The lowest BCUT2D eigenvalue weighted by Gasteiger charge is -2.44. The standard InChI is InChI=1S/C29H46O3/c1-20(10-7-6-8-16-28(3,4)32)25-14-15-26-22(11-9-17-29(25,26)5)12-13-23-18-24(30)19-27(31)21(23)2/h7,10,12-13,20,24-27,30-32H,2,6,8-9,11,14-19H2,1,3-5H3/b10-7+,22-12+,23-13-/t20-,24-,25?,26?,27+,29?/m1/s1. The van der Waals surface area contributed by atoms with E-state index in [1.807, 2.05) is 13.8 Å². The van der Waals surface area contributed by atoms with E-state index >= 15 is 0 Å². The average molecular weight is 443 g/mol. The van der Waals surface area contributed by atoms with Gasteiger partial charge in [-0.25, -0.2) is 0 Å². The molecule has 0 bridgehead atoms. The van der Waals surface area contributed by atoms with E-state index in [2.05, 4.69) is 44.7 Å². The summed E-state index contributed by atoms with van der Waals surface area (Å²) in [5.74, 6) is 1.92. The number of fused-ring (bicyclic) bond motifs is 1. The molecule has 0 radical (unpaired) electrons. The van der Waals surface area contributed by atoms with Gasteiger partial charge < -0.3 is 15.3 Å². The van der Waals surface area contributed by atoms with Crippen LogP contribution in [0.1, 0.15) is 91.9 Å². The molecule has 3 nitrogen and oxygen atoms in total. The van der Waals surface area contributed by atoms with Crippen LogP contribution in [0.4, 0.5) is 0 Å². The van der Waals surface area contributed by atoms with Crippen molar-refractivity contribution in [1.29, 1.82) is 0 Å². The summed E-state index contributed by atoms with van der Waals surface area (Å²) in [7, 11) is 0. The highest BCUT2D eigenvalue weighted by Gasteiger charge is 2.50. The van der Waals surface area contributed by atoms with Gasteiger partial charge in [0.1, 0.15) is 0 Å². The second kappa shape index (κ2) is 10.4. The molecule has 3 fully saturated rings. The van der Waals surface area contributed by atoms with Crippen molar-refractivity contribution in [2.45, 2.75) is 110 Å². The first-order chi connectivity index (χ1) is 15.0. The van der Waals surface area contributed by atoms with E-state index in [0.29, 0.717) is 36.0 Å². The highest BCUT2D eigenvalue weighted by atomic mass is 16.3. The van der Waals surface area contributed by atoms with E-state index in [1.54, 1.807) is 5.57 Å². The summed E-state index contributed by atoms with van der Waals surface area (Å²) >= 11 is 0. The van der Waals surface area contributed by atoms with Crippen molar-refractivity contribution in [3.63, 3.8) is 0 Å². The smallest absolute Gasteiger partial charge is 0.0811 e. The second-order valence-electron chi connectivity index (χ2n) is 11.7. The van der Waals surface area contributed by atoms with Crippen LogP contribution in [-0.2, 0) is 0 Å². The molecule has 0 saturated heterocycles. The largest absolute Gasteiger partial charge is 0.393 e. The Hall–Kier alpha value is -1.16. The van der Waals surface area contributed by atoms with E-state index in [4.69, 9.17) is 0 Å². The molecular formula is C29H46O3. The number of allylic oxidation sites excluding steroid dienone is 5. The summed E-state index contributed by atoms with van der Waals surface area (Å²) in [5, 5.41) is 30.1. The molecule has 0 aromatic carbocycles. The summed E-state index contributed by atoms with van der Waals surface area (Å²) in [4.78, 5) is 0. The molecule has 180 valence electrons. The van der Waals surface area contributed by atoms with Crippen LogP contribution in [-0.4, -0.2) is 33.1 Å². The predicted molar refractivity (Wildman–Crippen MR) is 133 cm³/mol. The Morgan fingerprint density at radius 2 is 1.97 bits per heavy atom. The van der Waals surface area contributed by atoms with Gasteiger partial charge in [-0.05, 0) is 106 Å². The van der Waals surface area contributed by atoms with Crippen molar-refractivity contribution in [2.24, 2.45) is 23.2 Å². The molecule has 3 N–H and O–H groups in total. The van der Waals surface area contributed by atoms with Crippen LogP contribution in [0.15, 0.2) is 47.6 Å². The van der Waals surface area contributed by atoms with Gasteiger partial charge in [-0.15, -0.1) is 0 Å². The fourth-order valence-electron chi connectivity index (χ4n) is 6.71. The fourth-order valence-corrected chi connectivity index (χ4v) is 6.71. The van der Waals surface area contributed by atoms with Crippen LogP contribution in [0.3, 0.4) is 0 Å². The minimum atomic E-state index is -0.619. The van der Waals surface area contributed by atoms with Gasteiger partial charge in [-0.1, -0.05) is 50.3 Å². The van der Waals surface area contributed by atoms with Gasteiger partial charge in [0.25, 0.3) is 0 Å². The number of hydrogen-bond donors (Lipinski definition) is 3. The lowest BCUT2D eigenvalue weighted by atomic mass is 9.61. The Bertz CT molecular complexity index is 753. The monoisotopic (exact) mass is 442 g/mol. The quantitative estimate of drug-likeness (QED) is 0.322. The molecule has 6 atom stereocenters. The molecule has 3 unspecified atom stereocenters. The maximum atomic E-state index is 10.1. The van der Waals surface area contributed by atoms with Crippen molar-refractivity contribution in [3.8, 4) is 0 Å². The van der Waals surface area contributed by atoms with Crippen LogP contribution < -0.4 is 0 Å². The van der Waals surface area contributed by atoms with Crippen molar-refractivity contribution < 1.29 is 15.3 Å². The lowest BCUT2D eigenvalue weighted by Crippen LogP contribution is -2.35. The normalized spacial score (nSPS) is 37.4. The SMILES string of the molecule is C=C1/C(=C\C=C2/CCCC3(C)C2CCC3[C@H](C)/C=C/CCCC(C)(C)O)C[C@@H](O)C[C@@H]1O. The zero-order chi connectivity index (χ0) is 23.5. The zero-order valence-corrected chi connectivity index (χ0v) is 20.8. The van der Waals surface area contributed by atoms with Crippen molar-refractivity contribution in [2.75, 3.05) is 0 Å². The molecule has 0 heterocycles. The predicted octanol–water partition coefficient (Wildman–Crippen LogP) is 6.26. The average Bonchev–Trinajstić information content (AvgIpc) is 3.06. The van der Waals surface area contributed by atoms with Crippen LogP contribution in [0.5, 0.6) is 0 Å². The fraction of sp³-hybridized carbons (Fsp3) is 0.724. The number of rotatable bonds is 7. The molecule has 3 rings (SSSR count). The van der Waals surface area contributed by atoms with Crippen LogP contribution in [0, 0.1) is 23.2 Å². The third-order valence-corrected chi connectivity index (χ3v) is 8.54. The summed E-state index contributed by atoms with van der Waals surface area (Å²) in [6.45, 7) is 12.7. The third-order valence-electron chi connectivity index (χ3n) is 8.54. The summed E-state index contributed by atoms with van der Waals surface area (Å²) in [5.41, 5.74) is 3.12. The molecule has 0 aromatic rings. The molecule has 0 amide bonds. The van der Waals surface area contributed by atoms with Crippen LogP contribution in [0.2, 0.25) is 0 Å². The molecule has 32 heavy (non-hydrogen) atoms. The Kier molecular flexibility index (Phi) is 8.28. The van der Waals surface area contributed by atoms with E-state index in [1.165, 1.54) is 25.7 Å². The topological polar surface area (TPSA) is 60.7 Å². The third kappa shape index (κ3) is 6.04. The van der Waals surface area contributed by atoms with Gasteiger partial charge in [0.2, 0.25) is 0 Å². The highest BCUT2D eigenvalue weighted by molar-refractivity contribution is 5.38. The number of hydrogen-bond acceptors (Lipinski definition) is 3. The number of aliphatic hydroxyl groups is 3. The Morgan fingerprint density at radius 1 is 1.22 bits per heavy atom. The first-order valence-electron chi connectivity index (χ1n) is 12.8. The maximum absolute atomic E-state index is 10.1. The Labute approximate surface area is 196 Å². The van der Waals surface area contributed by atoms with Crippen molar-refractivity contribution in [1.82, 2.24) is 0 Å². The molecule has 3 saturated carbocycles. The first kappa shape index (κ1) is 25.5. The summed E-state index contributed by atoms with van der Waals surface area (Å²) in [6.07, 6.45) is 18.3. The molecule has 0 spiro atoms. The Balaban J connectivity index is 1.66. The van der Waals surface area contributed by atoms with E-state index in [-0.39, 0.29) is 0 Å². The van der Waals surface area contributed by atoms with E-state index in [0.717, 1.165) is 36.8 Å². The van der Waals surface area contributed by atoms with Crippen LogP contribution in [0.25, 0.3) is 0 Å².